The molecule has 0 spiro atoms. The molecule has 6 nitrogen and oxygen atoms in total. The molecule has 0 saturated carbocycles. The zero-order chi connectivity index (χ0) is 13.5. The van der Waals surface area contributed by atoms with E-state index in [1.165, 1.54) is 0 Å². The smallest absolute Gasteiger partial charge is 0.145 e. The van der Waals surface area contributed by atoms with Gasteiger partial charge in [0.05, 0.1) is 6.61 Å². The Balaban J connectivity index is 2.91. The fourth-order valence-electron chi connectivity index (χ4n) is 1.73. The van der Waals surface area contributed by atoms with Crippen molar-refractivity contribution in [1.82, 2.24) is 9.97 Å². The maximum Gasteiger partial charge on any atom is 0.145 e. The number of hydrogen-bond acceptors (Lipinski definition) is 6. The minimum atomic E-state index is 0.548. The van der Waals surface area contributed by atoms with Crippen molar-refractivity contribution >= 4 is 11.6 Å². The van der Waals surface area contributed by atoms with E-state index in [-0.39, 0.29) is 0 Å². The molecule has 18 heavy (non-hydrogen) atoms. The quantitative estimate of drug-likeness (QED) is 0.561. The van der Waals surface area contributed by atoms with Gasteiger partial charge in [-0.15, -0.1) is 0 Å². The number of methoxy groups -OCH3 is 1. The van der Waals surface area contributed by atoms with Crippen LogP contribution in [0.2, 0.25) is 0 Å². The first-order valence-electron chi connectivity index (χ1n) is 6.13. The molecule has 0 radical (unpaired) electrons. The molecule has 1 aromatic rings. The van der Waals surface area contributed by atoms with Gasteiger partial charge in [-0.2, -0.15) is 0 Å². The Morgan fingerprint density at radius 3 is 2.72 bits per heavy atom. The highest BCUT2D eigenvalue weighted by atomic mass is 16.5. The number of ether oxygens (including phenoxy) is 1. The third kappa shape index (κ3) is 4.46. The highest BCUT2D eigenvalue weighted by Crippen LogP contribution is 2.16. The number of hydrazine groups is 1. The van der Waals surface area contributed by atoms with Crippen LogP contribution < -0.4 is 16.2 Å². The van der Waals surface area contributed by atoms with Gasteiger partial charge in [-0.1, -0.05) is 13.8 Å². The standard InChI is InChI=1S/C12H23N5O/c1-9(2)8-17(5-6-18-4)12-7-11(16-13)14-10(3)15-12/h7,9H,5-6,8,13H2,1-4H3,(H,14,15,16). The van der Waals surface area contributed by atoms with E-state index in [2.05, 4.69) is 34.1 Å². The van der Waals surface area contributed by atoms with Gasteiger partial charge < -0.3 is 15.1 Å². The number of hydrogen-bond donors (Lipinski definition) is 2. The Morgan fingerprint density at radius 2 is 2.17 bits per heavy atom. The number of nitrogen functional groups attached to an aromatic ring is 1. The van der Waals surface area contributed by atoms with E-state index >= 15 is 0 Å². The molecule has 0 unspecified atom stereocenters. The maximum atomic E-state index is 5.41. The number of nitrogens with two attached hydrogens (primary N) is 1. The summed E-state index contributed by atoms with van der Waals surface area (Å²) in [6.45, 7) is 8.60. The van der Waals surface area contributed by atoms with Crippen molar-refractivity contribution in [3.8, 4) is 0 Å². The number of aryl methyl sites for hydroxylation is 1. The van der Waals surface area contributed by atoms with E-state index in [9.17, 15) is 0 Å². The highest BCUT2D eigenvalue weighted by Gasteiger charge is 2.11. The summed E-state index contributed by atoms with van der Waals surface area (Å²) < 4.78 is 5.14. The van der Waals surface area contributed by atoms with E-state index in [0.717, 1.165) is 18.9 Å². The molecule has 0 amide bonds. The third-order valence-electron chi connectivity index (χ3n) is 2.45. The van der Waals surface area contributed by atoms with Crippen molar-refractivity contribution in [2.45, 2.75) is 20.8 Å². The summed E-state index contributed by atoms with van der Waals surface area (Å²) in [5, 5.41) is 0. The Morgan fingerprint density at radius 1 is 1.44 bits per heavy atom. The molecule has 1 heterocycles. The van der Waals surface area contributed by atoms with Crippen molar-refractivity contribution in [3.05, 3.63) is 11.9 Å². The van der Waals surface area contributed by atoms with E-state index < -0.39 is 0 Å². The Bertz CT molecular complexity index is 369. The van der Waals surface area contributed by atoms with Gasteiger partial charge in [0.15, 0.2) is 0 Å². The highest BCUT2D eigenvalue weighted by molar-refractivity contribution is 5.48. The normalized spacial score (nSPS) is 10.8. The lowest BCUT2D eigenvalue weighted by molar-refractivity contribution is 0.204. The van der Waals surface area contributed by atoms with Gasteiger partial charge in [0, 0.05) is 26.3 Å². The van der Waals surface area contributed by atoms with Gasteiger partial charge in [-0.3, -0.25) is 0 Å². The fourth-order valence-corrected chi connectivity index (χ4v) is 1.73. The van der Waals surface area contributed by atoms with Gasteiger partial charge in [-0.25, -0.2) is 15.8 Å². The lowest BCUT2D eigenvalue weighted by atomic mass is 10.2. The summed E-state index contributed by atoms with van der Waals surface area (Å²) in [5.74, 6) is 8.16. The van der Waals surface area contributed by atoms with E-state index in [4.69, 9.17) is 10.6 Å². The molecule has 0 aliphatic heterocycles. The first kappa shape index (κ1) is 14.7. The fraction of sp³-hybridized carbons (Fsp3) is 0.667. The second-order valence-corrected chi connectivity index (χ2v) is 4.64. The number of rotatable bonds is 7. The number of nitrogens with zero attached hydrogens (tertiary/aromatic N) is 3. The van der Waals surface area contributed by atoms with Crippen LogP contribution in [0.1, 0.15) is 19.7 Å². The van der Waals surface area contributed by atoms with Gasteiger partial charge in [0.2, 0.25) is 0 Å². The number of nitrogens with one attached hydrogen (secondary N) is 1. The summed E-state index contributed by atoms with van der Waals surface area (Å²) in [4.78, 5) is 10.8. The molecule has 0 saturated heterocycles. The van der Waals surface area contributed by atoms with Crippen molar-refractivity contribution < 1.29 is 4.74 Å². The topological polar surface area (TPSA) is 76.3 Å². The maximum absolute atomic E-state index is 5.41. The lowest BCUT2D eigenvalue weighted by Gasteiger charge is -2.25. The van der Waals surface area contributed by atoms with Crippen LogP contribution >= 0.6 is 0 Å². The summed E-state index contributed by atoms with van der Waals surface area (Å²) >= 11 is 0. The molecule has 0 atom stereocenters. The van der Waals surface area contributed by atoms with Crippen molar-refractivity contribution in [2.75, 3.05) is 37.1 Å². The van der Waals surface area contributed by atoms with Gasteiger partial charge >= 0.3 is 0 Å². The predicted molar refractivity (Wildman–Crippen MR) is 73.5 cm³/mol. The summed E-state index contributed by atoms with van der Waals surface area (Å²) in [5.41, 5.74) is 2.56. The van der Waals surface area contributed by atoms with Crippen LogP contribution in [0.15, 0.2) is 6.07 Å². The molecular formula is C12H23N5O. The van der Waals surface area contributed by atoms with E-state index in [1.807, 2.05) is 13.0 Å². The molecule has 102 valence electrons. The Hall–Kier alpha value is -1.40. The van der Waals surface area contributed by atoms with Crippen LogP contribution in [0, 0.1) is 12.8 Å². The van der Waals surface area contributed by atoms with Crippen LogP contribution in [0.4, 0.5) is 11.6 Å². The number of aromatic nitrogens is 2. The summed E-state index contributed by atoms with van der Waals surface area (Å²) in [6.07, 6.45) is 0. The second-order valence-electron chi connectivity index (χ2n) is 4.64. The molecule has 1 aromatic heterocycles. The molecule has 0 aliphatic carbocycles. The Labute approximate surface area is 109 Å². The average molecular weight is 253 g/mol. The van der Waals surface area contributed by atoms with Crippen LogP contribution in [-0.4, -0.2) is 36.8 Å². The largest absolute Gasteiger partial charge is 0.383 e. The molecular weight excluding hydrogens is 230 g/mol. The zero-order valence-corrected chi connectivity index (χ0v) is 11.6. The van der Waals surface area contributed by atoms with Crippen molar-refractivity contribution in [3.63, 3.8) is 0 Å². The van der Waals surface area contributed by atoms with Crippen LogP contribution in [-0.2, 0) is 4.74 Å². The lowest BCUT2D eigenvalue weighted by Crippen LogP contribution is -2.32. The predicted octanol–water partition coefficient (Wildman–Crippen LogP) is 1.18. The van der Waals surface area contributed by atoms with Crippen molar-refractivity contribution in [1.29, 1.82) is 0 Å². The molecule has 0 aromatic carbocycles. The van der Waals surface area contributed by atoms with Gasteiger partial charge in [0.1, 0.15) is 17.5 Å². The zero-order valence-electron chi connectivity index (χ0n) is 11.6. The molecule has 6 heteroatoms. The molecule has 0 aliphatic rings. The van der Waals surface area contributed by atoms with E-state index in [0.29, 0.717) is 24.2 Å². The summed E-state index contributed by atoms with van der Waals surface area (Å²) in [7, 11) is 1.70. The SMILES string of the molecule is COCCN(CC(C)C)c1cc(NN)nc(C)n1. The number of anilines is 2. The Kier molecular flexibility index (Phi) is 5.80. The van der Waals surface area contributed by atoms with Crippen molar-refractivity contribution in [2.24, 2.45) is 11.8 Å². The molecule has 0 bridgehead atoms. The van der Waals surface area contributed by atoms with Crippen LogP contribution in [0.3, 0.4) is 0 Å². The second kappa shape index (κ2) is 7.13. The minimum Gasteiger partial charge on any atom is -0.383 e. The molecule has 0 fully saturated rings. The van der Waals surface area contributed by atoms with E-state index in [1.54, 1.807) is 7.11 Å². The average Bonchev–Trinajstić information content (AvgIpc) is 2.33. The van der Waals surface area contributed by atoms with Crippen LogP contribution in [0.5, 0.6) is 0 Å². The third-order valence-corrected chi connectivity index (χ3v) is 2.45. The van der Waals surface area contributed by atoms with Crippen LogP contribution in [0.25, 0.3) is 0 Å². The van der Waals surface area contributed by atoms with Gasteiger partial charge in [0.25, 0.3) is 0 Å². The first-order valence-corrected chi connectivity index (χ1v) is 6.13. The van der Waals surface area contributed by atoms with Gasteiger partial charge in [-0.05, 0) is 12.8 Å². The molecule has 1 rings (SSSR count). The monoisotopic (exact) mass is 253 g/mol. The minimum absolute atomic E-state index is 0.548. The molecule has 3 N–H and O–H groups in total. The first-order chi connectivity index (χ1) is 8.56. The summed E-state index contributed by atoms with van der Waals surface area (Å²) in [6, 6.07) is 1.85.